The summed E-state index contributed by atoms with van der Waals surface area (Å²) in [4.78, 5) is 10.6. The van der Waals surface area contributed by atoms with Crippen LogP contribution in [0.1, 0.15) is 36.8 Å². The molecule has 154 valence electrons. The number of hydrogen-bond acceptors (Lipinski definition) is 5. The van der Waals surface area contributed by atoms with Crippen molar-refractivity contribution in [1.82, 2.24) is 4.72 Å². The van der Waals surface area contributed by atoms with Crippen LogP contribution in [-0.2, 0) is 10.0 Å². The molecule has 0 aliphatic heterocycles. The summed E-state index contributed by atoms with van der Waals surface area (Å²) in [5.41, 5.74) is 1.25. The van der Waals surface area contributed by atoms with E-state index in [1.54, 1.807) is 30.3 Å². The van der Waals surface area contributed by atoms with Gasteiger partial charge in [0.15, 0.2) is 12.3 Å². The Morgan fingerprint density at radius 1 is 1.07 bits per heavy atom. The van der Waals surface area contributed by atoms with Crippen LogP contribution in [0.2, 0.25) is 0 Å². The fourth-order valence-electron chi connectivity index (χ4n) is 3.50. The van der Waals surface area contributed by atoms with E-state index in [1.165, 1.54) is 24.4 Å². The molecule has 2 atom stereocenters. The van der Waals surface area contributed by atoms with E-state index in [0.29, 0.717) is 18.4 Å². The number of nitro groups is 1. The summed E-state index contributed by atoms with van der Waals surface area (Å²) in [7, 11) is -3.75. The van der Waals surface area contributed by atoms with Gasteiger partial charge >= 0.3 is 0 Å². The molecule has 2 aromatic rings. The van der Waals surface area contributed by atoms with Crippen LogP contribution < -0.4 is 4.72 Å². The highest BCUT2D eigenvalue weighted by Crippen LogP contribution is 2.23. The molecule has 1 aliphatic carbocycles. The smallest absolute Gasteiger partial charge is 0.270 e. The van der Waals surface area contributed by atoms with E-state index < -0.39 is 27.0 Å². The molecule has 3 rings (SSSR count). The molecule has 0 amide bonds. The predicted molar refractivity (Wildman–Crippen MR) is 109 cm³/mol. The van der Waals surface area contributed by atoms with Crippen molar-refractivity contribution in [3.63, 3.8) is 0 Å². The van der Waals surface area contributed by atoms with Gasteiger partial charge < -0.3 is 5.21 Å². The third-order valence-electron chi connectivity index (χ3n) is 5.05. The summed E-state index contributed by atoms with van der Waals surface area (Å²) in [5, 5.41) is 23.7. The molecule has 0 unspecified atom stereocenters. The third-order valence-corrected chi connectivity index (χ3v) is 6.56. The number of aryl methyl sites for hydroxylation is 1. The van der Waals surface area contributed by atoms with E-state index in [4.69, 9.17) is 0 Å². The van der Waals surface area contributed by atoms with Crippen molar-refractivity contribution >= 4 is 21.9 Å². The van der Waals surface area contributed by atoms with Gasteiger partial charge in [-0.25, -0.2) is 17.9 Å². The monoisotopic (exact) mass is 417 g/mol. The van der Waals surface area contributed by atoms with Crippen molar-refractivity contribution in [1.29, 1.82) is 0 Å². The lowest BCUT2D eigenvalue weighted by Gasteiger charge is -2.30. The Morgan fingerprint density at radius 2 is 1.76 bits per heavy atom. The highest BCUT2D eigenvalue weighted by atomic mass is 32.2. The molecule has 0 spiro atoms. The molecular weight excluding hydrogens is 394 g/mol. The molecule has 2 aromatic carbocycles. The first kappa shape index (κ1) is 20.9. The number of non-ortho nitro benzene ring substituents is 1. The first-order chi connectivity index (χ1) is 13.8. The van der Waals surface area contributed by atoms with Gasteiger partial charge in [-0.1, -0.05) is 30.2 Å². The number of sulfonamides is 1. The number of hydroxylamine groups is 1. The molecule has 9 heteroatoms. The Bertz CT molecular complexity index is 1020. The van der Waals surface area contributed by atoms with Crippen molar-refractivity contribution in [2.45, 2.75) is 49.6 Å². The van der Waals surface area contributed by atoms with Gasteiger partial charge in [-0.2, -0.15) is 0 Å². The van der Waals surface area contributed by atoms with Gasteiger partial charge in [-0.3, -0.25) is 10.1 Å². The molecule has 0 saturated heterocycles. The minimum atomic E-state index is -3.75. The molecule has 0 heterocycles. The normalized spacial score (nSPS) is 20.4. The van der Waals surface area contributed by atoms with Crippen LogP contribution in [0.5, 0.6) is 0 Å². The standard InChI is InChI=1S/C20H23N3O5S/c1-15-9-11-18(12-10-15)29(27,28)21-19-7-2-3-8-20(19)22(24)14-16-5-4-6-17(13-16)23(25)26/h4-6,9-14,19-21H,2-3,7-8H2,1H3/b22-14-/t19-,20-/m1/s1. The summed E-state index contributed by atoms with van der Waals surface area (Å²) in [6.45, 7) is 1.88. The Morgan fingerprint density at radius 3 is 2.45 bits per heavy atom. The second-order valence-corrected chi connectivity index (χ2v) is 8.95. The quantitative estimate of drug-likeness (QED) is 0.255. The lowest BCUT2D eigenvalue weighted by Crippen LogP contribution is -2.49. The van der Waals surface area contributed by atoms with E-state index in [2.05, 4.69) is 4.72 Å². The number of benzene rings is 2. The van der Waals surface area contributed by atoms with Crippen LogP contribution >= 0.6 is 0 Å². The highest BCUT2D eigenvalue weighted by molar-refractivity contribution is 7.89. The van der Waals surface area contributed by atoms with Crippen molar-refractivity contribution < 1.29 is 18.1 Å². The maximum absolute atomic E-state index is 12.8. The number of hydrogen-bond donors (Lipinski definition) is 1. The van der Waals surface area contributed by atoms with Gasteiger partial charge in [0.1, 0.15) is 0 Å². The van der Waals surface area contributed by atoms with E-state index in [1.807, 2.05) is 6.92 Å². The van der Waals surface area contributed by atoms with Gasteiger partial charge in [0.25, 0.3) is 5.69 Å². The van der Waals surface area contributed by atoms with Crippen LogP contribution in [0.15, 0.2) is 53.4 Å². The van der Waals surface area contributed by atoms with Gasteiger partial charge in [0.05, 0.1) is 15.9 Å². The molecule has 1 N–H and O–H groups in total. The van der Waals surface area contributed by atoms with Crippen molar-refractivity contribution in [3.8, 4) is 0 Å². The Labute approximate surface area is 169 Å². The minimum Gasteiger partial charge on any atom is -0.624 e. The summed E-state index contributed by atoms with van der Waals surface area (Å²) < 4.78 is 28.9. The molecule has 1 saturated carbocycles. The van der Waals surface area contributed by atoms with E-state index >= 15 is 0 Å². The first-order valence-corrected chi connectivity index (χ1v) is 10.9. The summed E-state index contributed by atoms with van der Waals surface area (Å²) in [5.74, 6) is 0. The molecule has 0 bridgehead atoms. The lowest BCUT2D eigenvalue weighted by atomic mass is 9.91. The second-order valence-electron chi connectivity index (χ2n) is 7.23. The largest absolute Gasteiger partial charge is 0.624 e. The third kappa shape index (κ3) is 5.18. The van der Waals surface area contributed by atoms with E-state index in [-0.39, 0.29) is 10.6 Å². The molecule has 1 aliphatic rings. The number of nitro benzene ring substituents is 1. The average molecular weight is 417 g/mol. The summed E-state index contributed by atoms with van der Waals surface area (Å²) in [6, 6.07) is 11.2. The SMILES string of the molecule is Cc1ccc(S(=O)(=O)N[C@@H]2CCCC[C@H]2/[N+]([O-])=C/c2cccc([N+](=O)[O-])c2)cc1. The summed E-state index contributed by atoms with van der Waals surface area (Å²) in [6.07, 6.45) is 4.01. The van der Waals surface area contributed by atoms with Crippen LogP contribution in [0.4, 0.5) is 5.69 Å². The van der Waals surface area contributed by atoms with Crippen molar-refractivity contribution in [3.05, 3.63) is 75.0 Å². The fraction of sp³-hybridized carbons (Fsp3) is 0.350. The molecule has 0 radical (unpaired) electrons. The van der Waals surface area contributed by atoms with Gasteiger partial charge in [-0.15, -0.1) is 0 Å². The first-order valence-electron chi connectivity index (χ1n) is 9.40. The fourth-order valence-corrected chi connectivity index (χ4v) is 4.80. The maximum Gasteiger partial charge on any atom is 0.270 e. The zero-order valence-electron chi connectivity index (χ0n) is 16.0. The van der Waals surface area contributed by atoms with Gasteiger partial charge in [0, 0.05) is 24.1 Å². The number of rotatable bonds is 6. The maximum atomic E-state index is 12.8. The summed E-state index contributed by atoms with van der Waals surface area (Å²) >= 11 is 0. The molecule has 1 fully saturated rings. The van der Waals surface area contributed by atoms with Crippen molar-refractivity contribution in [2.75, 3.05) is 0 Å². The highest BCUT2D eigenvalue weighted by Gasteiger charge is 2.34. The number of nitrogens with zero attached hydrogens (tertiary/aromatic N) is 2. The van der Waals surface area contributed by atoms with Crippen LogP contribution in [0.25, 0.3) is 0 Å². The Hall–Kier alpha value is -2.78. The van der Waals surface area contributed by atoms with E-state index in [0.717, 1.165) is 23.1 Å². The second kappa shape index (κ2) is 8.71. The minimum absolute atomic E-state index is 0.104. The predicted octanol–water partition coefficient (Wildman–Crippen LogP) is 3.12. The van der Waals surface area contributed by atoms with Crippen LogP contribution in [-0.4, -0.2) is 36.4 Å². The molecule has 8 nitrogen and oxygen atoms in total. The topological polar surface area (TPSA) is 115 Å². The van der Waals surface area contributed by atoms with Crippen molar-refractivity contribution in [2.24, 2.45) is 0 Å². The van der Waals surface area contributed by atoms with Gasteiger partial charge in [0.2, 0.25) is 10.0 Å². The van der Waals surface area contributed by atoms with Crippen LogP contribution in [0, 0.1) is 22.2 Å². The Kier molecular flexibility index (Phi) is 6.29. The molecule has 29 heavy (non-hydrogen) atoms. The average Bonchev–Trinajstić information content (AvgIpc) is 2.68. The lowest BCUT2D eigenvalue weighted by molar-refractivity contribution is -0.504. The molecular formula is C20H23N3O5S. The zero-order chi connectivity index (χ0) is 21.0. The van der Waals surface area contributed by atoms with Gasteiger partial charge in [-0.05, 0) is 38.0 Å². The van der Waals surface area contributed by atoms with E-state index in [9.17, 15) is 23.7 Å². The zero-order valence-corrected chi connectivity index (χ0v) is 16.8. The number of nitrogens with one attached hydrogen (secondary N) is 1. The molecule has 0 aromatic heterocycles. The van der Waals surface area contributed by atoms with Crippen LogP contribution in [0.3, 0.4) is 0 Å². The Balaban J connectivity index is 1.82.